The average Bonchev–Trinajstić information content (AvgIpc) is 3.14. The van der Waals surface area contributed by atoms with Gasteiger partial charge in [-0.2, -0.15) is 0 Å². The monoisotopic (exact) mass is 306 g/mol. The van der Waals surface area contributed by atoms with Crippen LogP contribution >= 0.6 is 0 Å². The number of hydrogen-bond donors (Lipinski definition) is 1. The van der Waals surface area contributed by atoms with Gasteiger partial charge >= 0.3 is 0 Å². The fraction of sp³-hybridized carbons (Fsp3) is 0.350. The highest BCUT2D eigenvalue weighted by molar-refractivity contribution is 6.01. The molecule has 0 radical (unpaired) electrons. The highest BCUT2D eigenvalue weighted by atomic mass is 16.2. The average molecular weight is 306 g/mol. The van der Waals surface area contributed by atoms with Crippen LogP contribution in [0.3, 0.4) is 0 Å². The first kappa shape index (κ1) is 14.5. The summed E-state index contributed by atoms with van der Waals surface area (Å²) in [7, 11) is 0. The molecule has 0 aromatic heterocycles. The molecule has 1 fully saturated rings. The lowest BCUT2D eigenvalue weighted by atomic mass is 9.90. The maximum atomic E-state index is 12.8. The molecule has 1 atom stereocenters. The highest BCUT2D eigenvalue weighted by Crippen LogP contribution is 2.44. The minimum absolute atomic E-state index is 0.139. The maximum Gasteiger partial charge on any atom is 0.256 e. The zero-order chi connectivity index (χ0) is 15.9. The number of amides is 1. The van der Waals surface area contributed by atoms with Crippen molar-refractivity contribution in [2.45, 2.75) is 31.8 Å². The van der Waals surface area contributed by atoms with Crippen molar-refractivity contribution in [2.24, 2.45) is 0 Å². The Labute approximate surface area is 137 Å². The Balaban J connectivity index is 1.78. The van der Waals surface area contributed by atoms with Crippen molar-refractivity contribution >= 4 is 5.91 Å². The van der Waals surface area contributed by atoms with Crippen molar-refractivity contribution in [2.75, 3.05) is 13.1 Å². The Morgan fingerprint density at radius 3 is 2.70 bits per heavy atom. The van der Waals surface area contributed by atoms with E-state index in [1.54, 1.807) is 0 Å². The van der Waals surface area contributed by atoms with E-state index in [1.807, 2.05) is 23.1 Å². The van der Waals surface area contributed by atoms with E-state index < -0.39 is 5.66 Å². The summed E-state index contributed by atoms with van der Waals surface area (Å²) in [6.07, 6.45) is 3.55. The van der Waals surface area contributed by atoms with E-state index >= 15 is 0 Å². The van der Waals surface area contributed by atoms with Gasteiger partial charge < -0.3 is 4.90 Å². The normalized spacial score (nSPS) is 22.3. The van der Waals surface area contributed by atoms with Gasteiger partial charge in [-0.1, -0.05) is 55.8 Å². The summed E-state index contributed by atoms with van der Waals surface area (Å²) in [5.74, 6) is 0.139. The Morgan fingerprint density at radius 1 is 1.13 bits per heavy atom. The van der Waals surface area contributed by atoms with E-state index in [0.717, 1.165) is 36.2 Å². The second-order valence-electron chi connectivity index (χ2n) is 6.44. The number of fused-ring (bicyclic) bond motifs is 3. The smallest absolute Gasteiger partial charge is 0.256 e. The Bertz CT molecular complexity index is 738. The molecule has 3 heteroatoms. The van der Waals surface area contributed by atoms with Crippen molar-refractivity contribution in [1.82, 2.24) is 10.2 Å². The fourth-order valence-electron chi connectivity index (χ4n) is 3.94. The summed E-state index contributed by atoms with van der Waals surface area (Å²) in [5.41, 5.74) is 3.97. The van der Waals surface area contributed by atoms with E-state index in [9.17, 15) is 4.79 Å². The van der Waals surface area contributed by atoms with Crippen LogP contribution in [-0.2, 0) is 12.1 Å². The number of nitrogens with one attached hydrogen (secondary N) is 1. The molecule has 2 aromatic rings. The highest BCUT2D eigenvalue weighted by Gasteiger charge is 2.53. The summed E-state index contributed by atoms with van der Waals surface area (Å²) in [4.78, 5) is 14.7. The van der Waals surface area contributed by atoms with Gasteiger partial charge in [-0.3, -0.25) is 10.1 Å². The van der Waals surface area contributed by atoms with Gasteiger partial charge in [-0.25, -0.2) is 0 Å². The van der Waals surface area contributed by atoms with Crippen LogP contribution in [0.2, 0.25) is 0 Å². The molecule has 2 aromatic carbocycles. The maximum absolute atomic E-state index is 12.8. The molecular weight excluding hydrogens is 284 g/mol. The van der Waals surface area contributed by atoms with Gasteiger partial charge in [0.05, 0.1) is 0 Å². The van der Waals surface area contributed by atoms with Gasteiger partial charge in [-0.15, -0.1) is 0 Å². The molecular formula is C20H22N2O. The van der Waals surface area contributed by atoms with E-state index in [4.69, 9.17) is 0 Å². The summed E-state index contributed by atoms with van der Waals surface area (Å²) in [6, 6.07) is 16.8. The number of nitrogens with zero attached hydrogens (tertiary/aromatic N) is 1. The number of benzene rings is 2. The van der Waals surface area contributed by atoms with Crippen LogP contribution in [0.1, 0.15) is 46.8 Å². The van der Waals surface area contributed by atoms with E-state index in [1.165, 1.54) is 18.4 Å². The quantitative estimate of drug-likeness (QED) is 0.940. The summed E-state index contributed by atoms with van der Waals surface area (Å²) < 4.78 is 0. The van der Waals surface area contributed by atoms with Gasteiger partial charge in [0.25, 0.3) is 5.91 Å². The first-order valence-electron chi connectivity index (χ1n) is 8.53. The van der Waals surface area contributed by atoms with E-state index in [0.29, 0.717) is 0 Å². The lowest BCUT2D eigenvalue weighted by Crippen LogP contribution is -2.46. The minimum Gasteiger partial charge on any atom is -0.311 e. The van der Waals surface area contributed by atoms with Gasteiger partial charge in [-0.05, 0) is 30.0 Å². The molecule has 3 nitrogen and oxygen atoms in total. The largest absolute Gasteiger partial charge is 0.311 e. The first-order chi connectivity index (χ1) is 11.3. The molecule has 0 saturated carbocycles. The number of carbonyl (C=O) groups excluding carboxylic acids is 1. The molecule has 0 spiro atoms. The zero-order valence-corrected chi connectivity index (χ0v) is 13.5. The van der Waals surface area contributed by atoms with Crippen molar-refractivity contribution in [3.8, 4) is 0 Å². The topological polar surface area (TPSA) is 32.3 Å². The molecule has 0 aliphatic carbocycles. The predicted molar refractivity (Wildman–Crippen MR) is 91.3 cm³/mol. The van der Waals surface area contributed by atoms with Gasteiger partial charge in [0.2, 0.25) is 0 Å². The summed E-state index contributed by atoms with van der Waals surface area (Å²) >= 11 is 0. The summed E-state index contributed by atoms with van der Waals surface area (Å²) in [5, 5.41) is 3.60. The third kappa shape index (κ3) is 2.03. The Morgan fingerprint density at radius 2 is 1.91 bits per heavy atom. The number of rotatable bonds is 4. The number of hydrogen-bond acceptors (Lipinski definition) is 2. The Kier molecular flexibility index (Phi) is 3.46. The molecule has 2 aliphatic heterocycles. The third-order valence-electron chi connectivity index (χ3n) is 5.10. The molecule has 0 bridgehead atoms. The second kappa shape index (κ2) is 5.50. The van der Waals surface area contributed by atoms with E-state index in [-0.39, 0.29) is 5.91 Å². The predicted octanol–water partition coefficient (Wildman–Crippen LogP) is 3.29. The van der Waals surface area contributed by atoms with Crippen LogP contribution < -0.4 is 5.32 Å². The van der Waals surface area contributed by atoms with Crippen LogP contribution in [-0.4, -0.2) is 23.9 Å². The fourth-order valence-corrected chi connectivity index (χ4v) is 3.94. The minimum atomic E-state index is -0.475. The number of aryl methyl sites for hydroxylation is 1. The van der Waals surface area contributed by atoms with Gasteiger partial charge in [0, 0.05) is 24.2 Å². The number of unbranched alkanes of at least 4 members (excludes halogenated alkanes) is 1. The van der Waals surface area contributed by atoms with Crippen LogP contribution in [0, 0.1) is 0 Å². The lowest BCUT2D eigenvalue weighted by Gasteiger charge is -2.33. The molecule has 1 amide bonds. The van der Waals surface area contributed by atoms with Crippen LogP contribution in [0.5, 0.6) is 0 Å². The molecule has 118 valence electrons. The van der Waals surface area contributed by atoms with Gasteiger partial charge in [0.15, 0.2) is 0 Å². The SMILES string of the molecule is CCCCc1ccc(C23NCCN2C(=O)c2ccccc23)cc1. The third-order valence-corrected chi connectivity index (χ3v) is 5.10. The van der Waals surface area contributed by atoms with Crippen molar-refractivity contribution in [1.29, 1.82) is 0 Å². The van der Waals surface area contributed by atoms with Crippen LogP contribution in [0.15, 0.2) is 48.5 Å². The molecule has 2 heterocycles. The van der Waals surface area contributed by atoms with Gasteiger partial charge in [0.1, 0.15) is 5.66 Å². The molecule has 2 aliphatic rings. The lowest BCUT2D eigenvalue weighted by molar-refractivity contribution is 0.0694. The molecule has 1 unspecified atom stereocenters. The number of carbonyl (C=O) groups is 1. The van der Waals surface area contributed by atoms with Crippen molar-refractivity contribution < 1.29 is 4.79 Å². The second-order valence-corrected chi connectivity index (χ2v) is 6.44. The van der Waals surface area contributed by atoms with E-state index in [2.05, 4.69) is 42.6 Å². The Hall–Kier alpha value is -2.13. The van der Waals surface area contributed by atoms with Crippen molar-refractivity contribution in [3.05, 3.63) is 70.8 Å². The van der Waals surface area contributed by atoms with Crippen LogP contribution in [0.4, 0.5) is 0 Å². The summed E-state index contributed by atoms with van der Waals surface area (Å²) in [6.45, 7) is 3.80. The molecule has 4 rings (SSSR count). The molecule has 1 saturated heterocycles. The molecule has 1 N–H and O–H groups in total. The zero-order valence-electron chi connectivity index (χ0n) is 13.5. The van der Waals surface area contributed by atoms with Crippen LogP contribution in [0.25, 0.3) is 0 Å². The van der Waals surface area contributed by atoms with Crippen molar-refractivity contribution in [3.63, 3.8) is 0 Å². The standard InChI is InChI=1S/C20H22N2O/c1-2-3-6-15-9-11-16(12-10-15)20-18-8-5-4-7-17(18)19(23)22(20)14-13-21-20/h4-5,7-12,21H,2-3,6,13-14H2,1H3. The first-order valence-corrected chi connectivity index (χ1v) is 8.53. The molecule has 23 heavy (non-hydrogen) atoms.